The summed E-state index contributed by atoms with van der Waals surface area (Å²) in [5, 5.41) is 14.1. The third-order valence-electron chi connectivity index (χ3n) is 3.49. The fraction of sp³-hybridized carbons (Fsp3) is 0.294. The maximum absolute atomic E-state index is 9.27. The average molecular weight is 324 g/mol. The Hall–Kier alpha value is -1.22. The summed E-state index contributed by atoms with van der Waals surface area (Å²) in [6.45, 7) is 2.98. The fourth-order valence-corrected chi connectivity index (χ4v) is 2.85. The van der Waals surface area contributed by atoms with E-state index in [1.54, 1.807) is 18.2 Å². The first-order chi connectivity index (χ1) is 10.1. The van der Waals surface area contributed by atoms with Crippen LogP contribution in [0.4, 0.5) is 0 Å². The lowest BCUT2D eigenvalue weighted by atomic mass is 10.0. The first kappa shape index (κ1) is 16.2. The topological polar surface area (TPSA) is 32.3 Å². The van der Waals surface area contributed by atoms with Crippen LogP contribution in [0.5, 0.6) is 5.75 Å². The highest BCUT2D eigenvalue weighted by Gasteiger charge is 2.12. The van der Waals surface area contributed by atoms with Crippen LogP contribution < -0.4 is 5.32 Å². The third kappa shape index (κ3) is 4.63. The molecule has 112 valence electrons. The third-order valence-corrected chi connectivity index (χ3v) is 4.05. The number of phenolic OH excluding ortho intramolecular Hbond substituents is 1. The van der Waals surface area contributed by atoms with Crippen LogP contribution in [0.25, 0.3) is 0 Å². The monoisotopic (exact) mass is 323 g/mol. The van der Waals surface area contributed by atoms with Gasteiger partial charge in [-0.1, -0.05) is 48.3 Å². The first-order valence-electron chi connectivity index (χ1n) is 7.06. The van der Waals surface area contributed by atoms with Gasteiger partial charge in [-0.3, -0.25) is 0 Å². The second-order valence-electron chi connectivity index (χ2n) is 5.00. The molecule has 4 heteroatoms. The number of nitrogens with one attached hydrogen (secondary N) is 1. The van der Waals surface area contributed by atoms with E-state index in [1.165, 1.54) is 5.56 Å². The summed E-state index contributed by atoms with van der Waals surface area (Å²) in [6.07, 6.45) is 1.86. The molecule has 2 nitrogen and oxygen atoms in total. The number of rotatable bonds is 6. The molecule has 2 rings (SSSR count). The molecule has 21 heavy (non-hydrogen) atoms. The summed E-state index contributed by atoms with van der Waals surface area (Å²) >= 11 is 12.2. The van der Waals surface area contributed by atoms with E-state index < -0.39 is 0 Å². The zero-order chi connectivity index (χ0) is 15.2. The number of aromatic hydroxyl groups is 1. The zero-order valence-electron chi connectivity index (χ0n) is 11.9. The number of benzene rings is 2. The molecule has 0 aliphatic carbocycles. The maximum atomic E-state index is 9.27. The van der Waals surface area contributed by atoms with Gasteiger partial charge >= 0.3 is 0 Å². The van der Waals surface area contributed by atoms with E-state index in [-0.39, 0.29) is 6.04 Å². The van der Waals surface area contributed by atoms with Gasteiger partial charge in [0, 0.05) is 16.1 Å². The smallest absolute Gasteiger partial charge is 0.115 e. The van der Waals surface area contributed by atoms with Crippen molar-refractivity contribution in [3.63, 3.8) is 0 Å². The van der Waals surface area contributed by atoms with Crippen molar-refractivity contribution in [2.75, 3.05) is 6.54 Å². The van der Waals surface area contributed by atoms with Crippen LogP contribution in [0.3, 0.4) is 0 Å². The van der Waals surface area contributed by atoms with E-state index in [0.29, 0.717) is 15.8 Å². The molecule has 0 aromatic heterocycles. The van der Waals surface area contributed by atoms with E-state index in [1.807, 2.05) is 24.3 Å². The Balaban J connectivity index is 1.94. The van der Waals surface area contributed by atoms with Gasteiger partial charge in [0.25, 0.3) is 0 Å². The SMILES string of the molecule is CCC(NCCc1ccc(O)cc1)c1ccc(Cl)cc1Cl. The minimum atomic E-state index is 0.215. The number of hydrogen-bond donors (Lipinski definition) is 2. The maximum Gasteiger partial charge on any atom is 0.115 e. The highest BCUT2D eigenvalue weighted by molar-refractivity contribution is 6.35. The fourth-order valence-electron chi connectivity index (χ4n) is 2.31. The van der Waals surface area contributed by atoms with Gasteiger partial charge in [0.2, 0.25) is 0 Å². The summed E-state index contributed by atoms with van der Waals surface area (Å²) in [5.74, 6) is 0.297. The van der Waals surface area contributed by atoms with Crippen molar-refractivity contribution >= 4 is 23.2 Å². The van der Waals surface area contributed by atoms with Crippen LogP contribution >= 0.6 is 23.2 Å². The summed E-state index contributed by atoms with van der Waals surface area (Å²) < 4.78 is 0. The van der Waals surface area contributed by atoms with Crippen molar-refractivity contribution in [1.29, 1.82) is 0 Å². The zero-order valence-corrected chi connectivity index (χ0v) is 13.5. The molecule has 0 aliphatic rings. The molecule has 0 saturated heterocycles. The minimum Gasteiger partial charge on any atom is -0.508 e. The largest absolute Gasteiger partial charge is 0.508 e. The summed E-state index contributed by atoms with van der Waals surface area (Å²) in [7, 11) is 0. The molecule has 2 aromatic carbocycles. The lowest BCUT2D eigenvalue weighted by molar-refractivity contribution is 0.475. The molecule has 0 spiro atoms. The van der Waals surface area contributed by atoms with Gasteiger partial charge < -0.3 is 10.4 Å². The van der Waals surface area contributed by atoms with Gasteiger partial charge in [-0.05, 0) is 54.8 Å². The van der Waals surface area contributed by atoms with Crippen LogP contribution in [0.2, 0.25) is 10.0 Å². The Kier molecular flexibility index (Phi) is 5.92. The van der Waals surface area contributed by atoms with E-state index in [4.69, 9.17) is 23.2 Å². The van der Waals surface area contributed by atoms with Crippen molar-refractivity contribution in [3.05, 3.63) is 63.6 Å². The van der Waals surface area contributed by atoms with Crippen molar-refractivity contribution in [3.8, 4) is 5.75 Å². The Bertz CT molecular complexity index is 584. The molecule has 2 aromatic rings. The minimum absolute atomic E-state index is 0.215. The van der Waals surface area contributed by atoms with Crippen LogP contribution in [-0.4, -0.2) is 11.7 Å². The van der Waals surface area contributed by atoms with Crippen molar-refractivity contribution in [2.45, 2.75) is 25.8 Å². The van der Waals surface area contributed by atoms with E-state index in [2.05, 4.69) is 12.2 Å². The predicted octanol–water partition coefficient (Wildman–Crippen LogP) is 4.98. The molecular weight excluding hydrogens is 305 g/mol. The lowest BCUT2D eigenvalue weighted by Gasteiger charge is -2.19. The van der Waals surface area contributed by atoms with Gasteiger partial charge in [-0.2, -0.15) is 0 Å². The van der Waals surface area contributed by atoms with Crippen LogP contribution in [-0.2, 0) is 6.42 Å². The average Bonchev–Trinajstić information content (AvgIpc) is 2.46. The Morgan fingerprint density at radius 2 is 1.81 bits per heavy atom. The van der Waals surface area contributed by atoms with Gasteiger partial charge in [0.1, 0.15) is 5.75 Å². The highest BCUT2D eigenvalue weighted by atomic mass is 35.5. The van der Waals surface area contributed by atoms with Crippen LogP contribution in [0.1, 0.15) is 30.5 Å². The van der Waals surface area contributed by atoms with E-state index in [9.17, 15) is 5.11 Å². The second kappa shape index (κ2) is 7.69. The lowest BCUT2D eigenvalue weighted by Crippen LogP contribution is -2.23. The number of hydrogen-bond acceptors (Lipinski definition) is 2. The molecular formula is C17H19Cl2NO. The Morgan fingerprint density at radius 3 is 2.43 bits per heavy atom. The molecule has 0 saturated carbocycles. The normalized spacial score (nSPS) is 12.3. The Morgan fingerprint density at radius 1 is 1.10 bits per heavy atom. The predicted molar refractivity (Wildman–Crippen MR) is 89.3 cm³/mol. The van der Waals surface area contributed by atoms with Crippen molar-refractivity contribution in [1.82, 2.24) is 5.32 Å². The van der Waals surface area contributed by atoms with Gasteiger partial charge in [-0.15, -0.1) is 0 Å². The van der Waals surface area contributed by atoms with Crippen molar-refractivity contribution < 1.29 is 5.11 Å². The van der Waals surface area contributed by atoms with E-state index in [0.717, 1.165) is 24.9 Å². The summed E-state index contributed by atoms with van der Waals surface area (Å²) in [4.78, 5) is 0. The van der Waals surface area contributed by atoms with Gasteiger partial charge in [0.05, 0.1) is 0 Å². The molecule has 0 amide bonds. The standard InChI is InChI=1S/C17H19Cl2NO/c1-2-17(15-8-5-13(18)11-16(15)19)20-10-9-12-3-6-14(21)7-4-12/h3-8,11,17,20-21H,2,9-10H2,1H3. The molecule has 1 unspecified atom stereocenters. The molecule has 1 atom stereocenters. The van der Waals surface area contributed by atoms with Gasteiger partial charge in [-0.25, -0.2) is 0 Å². The molecule has 0 bridgehead atoms. The van der Waals surface area contributed by atoms with Crippen LogP contribution in [0, 0.1) is 0 Å². The van der Waals surface area contributed by atoms with Crippen LogP contribution in [0.15, 0.2) is 42.5 Å². The molecule has 0 radical (unpaired) electrons. The summed E-state index contributed by atoms with van der Waals surface area (Å²) in [6, 6.07) is 13.1. The first-order valence-corrected chi connectivity index (χ1v) is 7.82. The van der Waals surface area contributed by atoms with E-state index >= 15 is 0 Å². The highest BCUT2D eigenvalue weighted by Crippen LogP contribution is 2.28. The quantitative estimate of drug-likeness (QED) is 0.785. The Labute approximate surface area is 135 Å². The number of halogens is 2. The molecule has 0 heterocycles. The second-order valence-corrected chi connectivity index (χ2v) is 5.84. The molecule has 0 fully saturated rings. The van der Waals surface area contributed by atoms with Crippen molar-refractivity contribution in [2.24, 2.45) is 0 Å². The molecule has 0 aliphatic heterocycles. The molecule has 2 N–H and O–H groups in total. The summed E-state index contributed by atoms with van der Waals surface area (Å²) in [5.41, 5.74) is 2.27. The number of phenols is 1. The van der Waals surface area contributed by atoms with Gasteiger partial charge in [0.15, 0.2) is 0 Å².